The molecule has 0 aromatic heterocycles. The molecule has 0 aliphatic heterocycles. The fraction of sp³-hybridized carbons (Fsp3) is 0.810. The SMILES string of the molecule is CCCCCCCCCCCCCCCCCCCC(=O)N[C@@H](CC)C(=O)N[C@@H](CCCN=C(N)N)C(=O)N[C@@H](CCCN=C(N)N)C(=O)N[C@@H](CCCN=C(N)N)C(N)=O. The summed E-state index contributed by atoms with van der Waals surface area (Å²) in [6, 6.07) is -4.26. The van der Waals surface area contributed by atoms with Gasteiger partial charge in [-0.25, -0.2) is 0 Å². The quantitative estimate of drug-likeness (QED) is 0.0241. The van der Waals surface area contributed by atoms with Gasteiger partial charge in [-0.2, -0.15) is 0 Å². The minimum Gasteiger partial charge on any atom is -0.370 e. The van der Waals surface area contributed by atoms with Gasteiger partial charge in [0.1, 0.15) is 24.2 Å². The summed E-state index contributed by atoms with van der Waals surface area (Å²) in [6.45, 7) is 4.57. The van der Waals surface area contributed by atoms with Crippen LogP contribution in [0.3, 0.4) is 0 Å². The van der Waals surface area contributed by atoms with Gasteiger partial charge in [-0.1, -0.05) is 117 Å². The zero-order chi connectivity index (χ0) is 45.7. The molecule has 4 atom stereocenters. The van der Waals surface area contributed by atoms with Crippen molar-refractivity contribution >= 4 is 47.4 Å². The first-order valence-electron chi connectivity index (χ1n) is 22.9. The Labute approximate surface area is 365 Å². The number of primary amides is 1. The van der Waals surface area contributed by atoms with E-state index in [0.717, 1.165) is 25.7 Å². The Kier molecular flexibility index (Phi) is 34.0. The van der Waals surface area contributed by atoms with Crippen LogP contribution in [0.4, 0.5) is 0 Å². The molecule has 0 saturated heterocycles. The summed E-state index contributed by atoms with van der Waals surface area (Å²) in [7, 11) is 0. The number of hydrogen-bond donors (Lipinski definition) is 11. The Morgan fingerprint density at radius 3 is 1.03 bits per heavy atom. The van der Waals surface area contributed by atoms with Crippen molar-refractivity contribution in [2.24, 2.45) is 55.1 Å². The minimum absolute atomic E-state index is 0.0789. The second kappa shape index (κ2) is 37.0. The molecule has 61 heavy (non-hydrogen) atoms. The molecule has 19 nitrogen and oxygen atoms in total. The van der Waals surface area contributed by atoms with E-state index in [9.17, 15) is 24.0 Å². The summed E-state index contributed by atoms with van der Waals surface area (Å²) < 4.78 is 0. The molecule has 0 aromatic carbocycles. The van der Waals surface area contributed by atoms with Gasteiger partial charge in [0.2, 0.25) is 29.5 Å². The van der Waals surface area contributed by atoms with Crippen molar-refractivity contribution in [3.05, 3.63) is 0 Å². The summed E-state index contributed by atoms with van der Waals surface area (Å²) in [4.78, 5) is 77.7. The van der Waals surface area contributed by atoms with E-state index < -0.39 is 47.8 Å². The molecule has 0 bridgehead atoms. The van der Waals surface area contributed by atoms with E-state index in [-0.39, 0.29) is 75.5 Å². The van der Waals surface area contributed by atoms with Crippen LogP contribution in [-0.4, -0.2) is 91.2 Å². The number of guanidine groups is 3. The molecule has 0 rings (SSSR count). The van der Waals surface area contributed by atoms with Crippen molar-refractivity contribution < 1.29 is 24.0 Å². The number of rotatable bonds is 39. The van der Waals surface area contributed by atoms with Crippen LogP contribution in [0.5, 0.6) is 0 Å². The third-order valence-corrected chi connectivity index (χ3v) is 10.3. The largest absolute Gasteiger partial charge is 0.370 e. The van der Waals surface area contributed by atoms with E-state index in [0.29, 0.717) is 19.3 Å². The molecule has 0 spiro atoms. The lowest BCUT2D eigenvalue weighted by Gasteiger charge is -2.26. The van der Waals surface area contributed by atoms with Crippen LogP contribution in [0.15, 0.2) is 15.0 Å². The van der Waals surface area contributed by atoms with Crippen molar-refractivity contribution in [1.29, 1.82) is 0 Å². The molecule has 0 radical (unpaired) electrons. The lowest BCUT2D eigenvalue weighted by atomic mass is 10.0. The second-order valence-corrected chi connectivity index (χ2v) is 15.9. The van der Waals surface area contributed by atoms with Crippen LogP contribution in [0.25, 0.3) is 0 Å². The molecular weight excluding hydrogens is 781 g/mol. The number of carbonyl (C=O) groups is 5. The molecule has 0 aliphatic carbocycles. The maximum atomic E-state index is 13.8. The van der Waals surface area contributed by atoms with Gasteiger partial charge in [-0.05, 0) is 51.4 Å². The summed E-state index contributed by atoms with van der Waals surface area (Å²) >= 11 is 0. The van der Waals surface area contributed by atoms with Crippen molar-refractivity contribution in [2.75, 3.05) is 19.6 Å². The molecule has 0 aliphatic rings. The van der Waals surface area contributed by atoms with Crippen molar-refractivity contribution in [3.8, 4) is 0 Å². The molecule has 352 valence electrons. The topological polar surface area (TPSA) is 353 Å². The number of nitrogens with two attached hydrogens (primary N) is 7. The zero-order valence-corrected chi connectivity index (χ0v) is 37.5. The third-order valence-electron chi connectivity index (χ3n) is 10.3. The van der Waals surface area contributed by atoms with E-state index >= 15 is 0 Å². The molecular formula is C42H84N14O5. The Balaban J connectivity index is 5.22. The van der Waals surface area contributed by atoms with Gasteiger partial charge in [0.05, 0.1) is 0 Å². The predicted molar refractivity (Wildman–Crippen MR) is 246 cm³/mol. The van der Waals surface area contributed by atoms with Crippen molar-refractivity contribution in [1.82, 2.24) is 21.3 Å². The van der Waals surface area contributed by atoms with Gasteiger partial charge in [0.25, 0.3) is 0 Å². The number of nitrogens with one attached hydrogen (secondary N) is 4. The van der Waals surface area contributed by atoms with Crippen LogP contribution in [0.2, 0.25) is 0 Å². The first-order chi connectivity index (χ1) is 29.2. The molecule has 0 aromatic rings. The van der Waals surface area contributed by atoms with E-state index in [1.54, 1.807) is 6.92 Å². The van der Waals surface area contributed by atoms with E-state index in [4.69, 9.17) is 40.1 Å². The highest BCUT2D eigenvalue weighted by Crippen LogP contribution is 2.15. The predicted octanol–water partition coefficient (Wildman–Crippen LogP) is 2.02. The van der Waals surface area contributed by atoms with Crippen LogP contribution in [-0.2, 0) is 24.0 Å². The summed E-state index contributed by atoms with van der Waals surface area (Å²) in [5.74, 6) is -3.31. The van der Waals surface area contributed by atoms with Crippen LogP contribution >= 0.6 is 0 Å². The monoisotopic (exact) mass is 865 g/mol. The number of amides is 5. The van der Waals surface area contributed by atoms with Crippen LogP contribution in [0.1, 0.15) is 174 Å². The standard InChI is InChI=1S/C42H84N14O5/c1-3-5-6-7-8-9-10-11-12-13-14-15-16-17-18-19-20-27-35(57)53-31(4-2)37(59)55-34(26-23-30-52-42(48)49)39(61)56-33(25-22-29-51-41(46)47)38(60)54-32(36(43)58)24-21-28-50-40(44)45/h31-34H,3-30H2,1-2H3,(H2,43,58)(H,53,57)(H,54,60)(H,55,59)(H,56,61)(H4,44,45,50)(H4,46,47,51)(H4,48,49,52)/t31-,32-,33-,34-/m0/s1. The fourth-order valence-electron chi connectivity index (χ4n) is 6.78. The summed E-state index contributed by atoms with van der Waals surface area (Å²) in [5, 5.41) is 10.9. The van der Waals surface area contributed by atoms with Gasteiger partial charge in [-0.3, -0.25) is 38.9 Å². The van der Waals surface area contributed by atoms with Gasteiger partial charge in [-0.15, -0.1) is 0 Å². The summed E-state index contributed by atoms with van der Waals surface area (Å²) in [5.41, 5.74) is 38.1. The number of hydrogen-bond acceptors (Lipinski definition) is 8. The second-order valence-electron chi connectivity index (χ2n) is 15.9. The maximum Gasteiger partial charge on any atom is 0.243 e. The number of carbonyl (C=O) groups excluding carboxylic acids is 5. The number of unbranched alkanes of at least 4 members (excludes halogenated alkanes) is 16. The highest BCUT2D eigenvalue weighted by Gasteiger charge is 2.30. The van der Waals surface area contributed by atoms with E-state index in [1.807, 2.05) is 0 Å². The van der Waals surface area contributed by atoms with Crippen molar-refractivity contribution in [2.45, 2.75) is 199 Å². The zero-order valence-electron chi connectivity index (χ0n) is 37.5. The Morgan fingerprint density at radius 1 is 0.393 bits per heavy atom. The van der Waals surface area contributed by atoms with E-state index in [2.05, 4.69) is 43.2 Å². The average molecular weight is 865 g/mol. The molecule has 0 heterocycles. The molecule has 0 saturated carbocycles. The Bertz CT molecular complexity index is 1320. The van der Waals surface area contributed by atoms with Gasteiger partial charge in [0.15, 0.2) is 17.9 Å². The lowest BCUT2D eigenvalue weighted by molar-refractivity contribution is -0.134. The lowest BCUT2D eigenvalue weighted by Crippen LogP contribution is -2.58. The molecule has 5 amide bonds. The molecule has 19 heteroatoms. The average Bonchev–Trinajstić information content (AvgIpc) is 3.20. The first-order valence-corrected chi connectivity index (χ1v) is 22.9. The fourth-order valence-corrected chi connectivity index (χ4v) is 6.78. The molecule has 0 fully saturated rings. The highest BCUT2D eigenvalue weighted by atomic mass is 16.2. The maximum absolute atomic E-state index is 13.8. The van der Waals surface area contributed by atoms with Crippen molar-refractivity contribution in [3.63, 3.8) is 0 Å². The van der Waals surface area contributed by atoms with Gasteiger partial charge in [0, 0.05) is 26.1 Å². The van der Waals surface area contributed by atoms with E-state index in [1.165, 1.54) is 83.5 Å². The smallest absolute Gasteiger partial charge is 0.243 e. The Morgan fingerprint density at radius 2 is 0.705 bits per heavy atom. The highest BCUT2D eigenvalue weighted by molar-refractivity contribution is 5.95. The number of nitrogens with zero attached hydrogens (tertiary/aromatic N) is 3. The van der Waals surface area contributed by atoms with Crippen LogP contribution < -0.4 is 61.4 Å². The third kappa shape index (κ3) is 32.6. The Hall–Kier alpha value is -4.84. The molecule has 18 N–H and O–H groups in total. The van der Waals surface area contributed by atoms with Crippen LogP contribution in [0, 0.1) is 0 Å². The first kappa shape index (κ1) is 56.2. The number of aliphatic imine (C=N–C) groups is 3. The summed E-state index contributed by atoms with van der Waals surface area (Å²) in [6.07, 6.45) is 23.0. The normalized spacial score (nSPS) is 12.8. The van der Waals surface area contributed by atoms with Gasteiger partial charge >= 0.3 is 0 Å². The molecule has 0 unspecified atom stereocenters. The van der Waals surface area contributed by atoms with Gasteiger partial charge < -0.3 is 61.4 Å². The minimum atomic E-state index is -1.16.